The highest BCUT2D eigenvalue weighted by Crippen LogP contribution is 2.23. The highest BCUT2D eigenvalue weighted by molar-refractivity contribution is 14.0. The van der Waals surface area contributed by atoms with Gasteiger partial charge in [0.1, 0.15) is 18.2 Å². The Morgan fingerprint density at radius 1 is 1.19 bits per heavy atom. The van der Waals surface area contributed by atoms with Gasteiger partial charge in [0, 0.05) is 13.2 Å². The Kier molecular flexibility index (Phi) is 9.53. The van der Waals surface area contributed by atoms with Gasteiger partial charge in [-0.2, -0.15) is 0 Å². The molecular formula is C18H22IN3O4S. The molecule has 7 nitrogen and oxygen atoms in total. The number of ether oxygens (including phenoxy) is 1. The largest absolute Gasteiger partial charge is 0.492 e. The van der Waals surface area contributed by atoms with Crippen LogP contribution in [0.25, 0.3) is 0 Å². The molecule has 0 radical (unpaired) electrons. The van der Waals surface area contributed by atoms with Crippen molar-refractivity contribution in [2.24, 2.45) is 0 Å². The molecule has 1 fully saturated rings. The summed E-state index contributed by atoms with van der Waals surface area (Å²) in [5.41, 5.74) is 1.00. The molecule has 1 aromatic heterocycles. The molecule has 0 saturated carbocycles. The first-order valence-electron chi connectivity index (χ1n) is 7.97. The van der Waals surface area contributed by atoms with Crippen LogP contribution in [0.3, 0.4) is 0 Å². The molecule has 27 heavy (non-hydrogen) atoms. The zero-order chi connectivity index (χ0) is 17.6. The van der Waals surface area contributed by atoms with Crippen molar-refractivity contribution < 1.29 is 19.8 Å². The van der Waals surface area contributed by atoms with Crippen LogP contribution in [0.4, 0.5) is 10.6 Å². The van der Waals surface area contributed by atoms with Gasteiger partial charge in [0.2, 0.25) is 5.91 Å². The predicted molar refractivity (Wildman–Crippen MR) is 117 cm³/mol. The fourth-order valence-electron chi connectivity index (χ4n) is 2.46. The summed E-state index contributed by atoms with van der Waals surface area (Å²) >= 11 is 1.05. The molecule has 2 aromatic rings. The number of anilines is 1. The van der Waals surface area contributed by atoms with Crippen molar-refractivity contribution >= 4 is 52.7 Å². The molecule has 9 heteroatoms. The van der Waals surface area contributed by atoms with E-state index in [-0.39, 0.29) is 45.8 Å². The number of pyridine rings is 1. The number of hydrogen-bond acceptors (Lipinski definition) is 6. The number of thioether (sulfide) groups is 1. The lowest BCUT2D eigenvalue weighted by Gasteiger charge is -2.18. The van der Waals surface area contributed by atoms with Gasteiger partial charge in [-0.1, -0.05) is 30.0 Å². The first-order chi connectivity index (χ1) is 12.1. The minimum atomic E-state index is -0.341. The first-order valence-corrected chi connectivity index (χ1v) is 8.85. The number of nitrogens with one attached hydrogen (secondary N) is 1. The zero-order valence-electron chi connectivity index (χ0n) is 14.8. The van der Waals surface area contributed by atoms with E-state index in [4.69, 9.17) is 4.74 Å². The van der Waals surface area contributed by atoms with Crippen LogP contribution in [0.5, 0.6) is 5.75 Å². The van der Waals surface area contributed by atoms with E-state index >= 15 is 0 Å². The number of carbonyl (C=O) groups is 2. The second-order valence-electron chi connectivity index (χ2n) is 5.69. The van der Waals surface area contributed by atoms with Gasteiger partial charge in [-0.05, 0) is 36.2 Å². The van der Waals surface area contributed by atoms with Crippen LogP contribution < -0.4 is 15.0 Å². The highest BCUT2D eigenvalue weighted by atomic mass is 127. The quantitative estimate of drug-likeness (QED) is 0.582. The molecule has 3 N–H and O–H groups in total. The lowest BCUT2D eigenvalue weighted by molar-refractivity contribution is -0.118. The summed E-state index contributed by atoms with van der Waals surface area (Å²) in [6.07, 6.45) is 2.30. The Morgan fingerprint density at radius 2 is 1.93 bits per heavy atom. The van der Waals surface area contributed by atoms with Gasteiger partial charge < -0.3 is 15.1 Å². The minimum Gasteiger partial charge on any atom is -0.492 e. The number of halogens is 1. The van der Waals surface area contributed by atoms with E-state index in [0.29, 0.717) is 13.0 Å². The number of imide groups is 1. The van der Waals surface area contributed by atoms with E-state index in [1.807, 2.05) is 54.4 Å². The molecule has 0 aliphatic carbocycles. The van der Waals surface area contributed by atoms with E-state index in [1.54, 1.807) is 6.20 Å². The van der Waals surface area contributed by atoms with E-state index in [0.717, 1.165) is 35.4 Å². The maximum atomic E-state index is 11.6. The summed E-state index contributed by atoms with van der Waals surface area (Å²) in [4.78, 5) is 29.1. The van der Waals surface area contributed by atoms with Crippen molar-refractivity contribution in [3.05, 3.63) is 54.2 Å². The maximum absolute atomic E-state index is 11.6. The number of rotatable bonds is 7. The molecule has 1 aliphatic rings. The topological polar surface area (TPSA) is 103 Å². The molecule has 1 aromatic carbocycles. The Labute approximate surface area is 179 Å². The number of amides is 2. The van der Waals surface area contributed by atoms with Gasteiger partial charge in [0.25, 0.3) is 5.24 Å². The second-order valence-corrected chi connectivity index (χ2v) is 6.86. The normalized spacial score (nSPS) is 15.4. The average Bonchev–Trinajstić information content (AvgIpc) is 2.94. The van der Waals surface area contributed by atoms with Crippen LogP contribution in [0.15, 0.2) is 48.7 Å². The molecule has 0 spiro atoms. The van der Waals surface area contributed by atoms with Crippen LogP contribution in [0, 0.1) is 0 Å². The second kappa shape index (κ2) is 11.1. The SMILES string of the molecule is CN(CCOc1ccc(CC2SC(=O)NC2=O)cc1)c1ccccn1.I.O. The molecular weight excluding hydrogens is 481 g/mol. The van der Waals surface area contributed by atoms with Crippen LogP contribution >= 0.6 is 35.7 Å². The molecule has 3 rings (SSSR count). The number of benzene rings is 1. The van der Waals surface area contributed by atoms with Crippen molar-refractivity contribution in [2.75, 3.05) is 25.1 Å². The third kappa shape index (κ3) is 6.67. The number of carbonyl (C=O) groups excluding carboxylic acids is 2. The Bertz CT molecular complexity index is 746. The standard InChI is InChI=1S/C18H19N3O3S.HI.H2O/c1-21(16-4-2-3-9-19-16)10-11-24-14-7-5-13(6-8-14)12-15-17(22)20-18(23)25-15;;/h2-9,15H,10-12H2,1H3,(H,20,22,23);1H;1H2. The summed E-state index contributed by atoms with van der Waals surface area (Å²) < 4.78 is 5.75. The van der Waals surface area contributed by atoms with E-state index in [1.165, 1.54) is 0 Å². The van der Waals surface area contributed by atoms with Crippen molar-refractivity contribution in [3.8, 4) is 5.75 Å². The van der Waals surface area contributed by atoms with Crippen LogP contribution in [-0.2, 0) is 11.2 Å². The van der Waals surface area contributed by atoms with Crippen LogP contribution in [-0.4, -0.2) is 47.1 Å². The van der Waals surface area contributed by atoms with E-state index < -0.39 is 0 Å². The van der Waals surface area contributed by atoms with Gasteiger partial charge in [-0.3, -0.25) is 14.9 Å². The summed E-state index contributed by atoms with van der Waals surface area (Å²) in [5.74, 6) is 1.47. The third-order valence-corrected chi connectivity index (χ3v) is 4.83. The molecule has 0 bridgehead atoms. The van der Waals surface area contributed by atoms with E-state index in [2.05, 4.69) is 10.3 Å². The van der Waals surface area contributed by atoms with Gasteiger partial charge in [-0.25, -0.2) is 4.98 Å². The fourth-order valence-corrected chi connectivity index (χ4v) is 3.32. The first kappa shape index (κ1) is 23.2. The predicted octanol–water partition coefficient (Wildman–Crippen LogP) is 2.28. The Balaban J connectivity index is 0.00000182. The van der Waals surface area contributed by atoms with Gasteiger partial charge in [-0.15, -0.1) is 24.0 Å². The minimum absolute atomic E-state index is 0. The zero-order valence-corrected chi connectivity index (χ0v) is 17.9. The van der Waals surface area contributed by atoms with Crippen LogP contribution in [0.1, 0.15) is 5.56 Å². The third-order valence-electron chi connectivity index (χ3n) is 3.85. The Hall–Kier alpha value is -1.85. The number of likely N-dealkylation sites (N-methyl/N-ethyl adjacent to an activating group) is 1. The summed E-state index contributed by atoms with van der Waals surface area (Å²) in [6, 6.07) is 13.4. The molecule has 2 heterocycles. The molecule has 146 valence electrons. The smallest absolute Gasteiger partial charge is 0.286 e. The highest BCUT2D eigenvalue weighted by Gasteiger charge is 2.31. The maximum Gasteiger partial charge on any atom is 0.286 e. The van der Waals surface area contributed by atoms with Crippen molar-refractivity contribution in [1.82, 2.24) is 10.3 Å². The molecule has 1 saturated heterocycles. The average molecular weight is 503 g/mol. The number of aromatic nitrogens is 1. The van der Waals surface area contributed by atoms with Crippen molar-refractivity contribution in [1.29, 1.82) is 0 Å². The monoisotopic (exact) mass is 503 g/mol. The van der Waals surface area contributed by atoms with Crippen molar-refractivity contribution in [3.63, 3.8) is 0 Å². The summed E-state index contributed by atoms with van der Waals surface area (Å²) in [7, 11) is 1.97. The number of nitrogens with zero attached hydrogens (tertiary/aromatic N) is 2. The van der Waals surface area contributed by atoms with Crippen LogP contribution in [0.2, 0.25) is 0 Å². The Morgan fingerprint density at radius 3 is 2.52 bits per heavy atom. The van der Waals surface area contributed by atoms with Crippen molar-refractivity contribution in [2.45, 2.75) is 11.7 Å². The van der Waals surface area contributed by atoms with E-state index in [9.17, 15) is 9.59 Å². The van der Waals surface area contributed by atoms with Gasteiger partial charge in [0.05, 0.1) is 11.8 Å². The molecule has 1 aliphatic heterocycles. The summed E-state index contributed by atoms with van der Waals surface area (Å²) in [5, 5.41) is 1.69. The lowest BCUT2D eigenvalue weighted by atomic mass is 10.1. The van der Waals surface area contributed by atoms with Gasteiger partial charge >= 0.3 is 0 Å². The number of hydrogen-bond donors (Lipinski definition) is 1. The lowest BCUT2D eigenvalue weighted by Crippen LogP contribution is -2.25. The molecule has 1 unspecified atom stereocenters. The molecule has 1 atom stereocenters. The summed E-state index contributed by atoms with van der Waals surface area (Å²) in [6.45, 7) is 1.27. The fraction of sp³-hybridized carbons (Fsp3) is 0.278. The molecule has 2 amide bonds. The van der Waals surface area contributed by atoms with Gasteiger partial charge in [0.15, 0.2) is 0 Å².